The molecule has 8 heavy (non-hydrogen) atoms. The van der Waals surface area contributed by atoms with E-state index in [0.29, 0.717) is 0 Å². The molecule has 0 nitrogen and oxygen atoms in total. The molecule has 0 saturated heterocycles. The van der Waals surface area contributed by atoms with Gasteiger partial charge in [-0.25, -0.2) is 0 Å². The molecule has 0 aromatic heterocycles. The second-order valence-corrected chi connectivity index (χ2v) is 4.51. The van der Waals surface area contributed by atoms with Crippen LogP contribution in [0, 0.1) is 6.92 Å². The molecule has 0 fully saturated rings. The summed E-state index contributed by atoms with van der Waals surface area (Å²) in [6, 6.07) is 8.67. The number of benzene rings is 1. The van der Waals surface area contributed by atoms with Crippen molar-refractivity contribution in [3.8, 4) is 0 Å². The molecule has 42 valence electrons. The molecule has 0 saturated carbocycles. The van der Waals surface area contributed by atoms with Gasteiger partial charge in [0, 0.05) is 0 Å². The van der Waals surface area contributed by atoms with E-state index in [4.69, 9.17) is 0 Å². The molecule has 0 radical (unpaired) electrons. The Balaban J connectivity index is 3.08. The number of aryl methyl sites for hydroxylation is 1. The Kier molecular flexibility index (Phi) is 2.02. The van der Waals surface area contributed by atoms with Gasteiger partial charge in [0.05, 0.1) is 0 Å². The summed E-state index contributed by atoms with van der Waals surface area (Å²) in [5.74, 6) is 0. The molecule has 0 heterocycles. The summed E-state index contributed by atoms with van der Waals surface area (Å²) in [6.07, 6.45) is 0. The predicted molar refractivity (Wildman–Crippen MR) is 39.4 cm³/mol. The minimum absolute atomic E-state index is 0.986. The van der Waals surface area contributed by atoms with Crippen molar-refractivity contribution < 1.29 is 0 Å². The topological polar surface area (TPSA) is 0 Å². The number of hydrogen-bond acceptors (Lipinski definition) is 0. The molecule has 1 heteroatoms. The van der Waals surface area contributed by atoms with Crippen molar-refractivity contribution in [1.29, 1.82) is 0 Å². The second kappa shape index (κ2) is 2.59. The van der Waals surface area contributed by atoms with Gasteiger partial charge in [-0.2, -0.15) is 0 Å². The van der Waals surface area contributed by atoms with Crippen molar-refractivity contribution in [3.05, 3.63) is 29.8 Å². The van der Waals surface area contributed by atoms with Gasteiger partial charge in [-0.1, -0.05) is 0 Å². The molecule has 0 aliphatic carbocycles. The quantitative estimate of drug-likeness (QED) is 0.603. The molecule has 0 N–H and O–H groups in total. The molecule has 0 amide bonds. The average Bonchev–Trinajstić information content (AvgIpc) is 1.64. The van der Waals surface area contributed by atoms with E-state index in [1.165, 1.54) is 8.83 Å². The minimum atomic E-state index is 0.986. The van der Waals surface area contributed by atoms with Crippen molar-refractivity contribution in [2.24, 2.45) is 0 Å². The van der Waals surface area contributed by atoms with Crippen molar-refractivity contribution in [3.63, 3.8) is 0 Å². The van der Waals surface area contributed by atoms with Crippen molar-refractivity contribution >= 4 is 28.0 Å². The van der Waals surface area contributed by atoms with E-state index in [0.717, 1.165) is 24.7 Å². The van der Waals surface area contributed by atoms with E-state index in [2.05, 4.69) is 31.2 Å². The summed E-state index contributed by atoms with van der Waals surface area (Å²) < 4.78 is 1.50. The predicted octanol–water partition coefficient (Wildman–Crippen LogP) is 0.253. The molecular formula is C7H9Bi. The zero-order valence-electron chi connectivity index (χ0n) is 4.89. The van der Waals surface area contributed by atoms with E-state index in [-0.39, 0.29) is 0 Å². The van der Waals surface area contributed by atoms with Crippen LogP contribution in [0.3, 0.4) is 0 Å². The molecule has 1 aromatic rings. The van der Waals surface area contributed by atoms with Crippen molar-refractivity contribution in [2.75, 3.05) is 0 Å². The van der Waals surface area contributed by atoms with Crippen LogP contribution < -0.4 is 3.27 Å². The van der Waals surface area contributed by atoms with Crippen LogP contribution in [-0.4, -0.2) is 24.7 Å². The van der Waals surface area contributed by atoms with Crippen LogP contribution in [0.4, 0.5) is 0 Å². The summed E-state index contributed by atoms with van der Waals surface area (Å²) in [6.45, 7) is 2.13. The van der Waals surface area contributed by atoms with Crippen LogP contribution in [0.15, 0.2) is 24.3 Å². The molecule has 0 spiro atoms. The molecule has 1 rings (SSSR count). The standard InChI is InChI=1S/C7H7.Bi.2H/c1-7-5-3-2-4-6-7;;;/h2-3,5-6H,1H3;;;. The van der Waals surface area contributed by atoms with Gasteiger partial charge in [-0.15, -0.1) is 0 Å². The van der Waals surface area contributed by atoms with Crippen molar-refractivity contribution in [1.82, 2.24) is 0 Å². The maximum absolute atomic E-state index is 2.24. The fourth-order valence-electron chi connectivity index (χ4n) is 0.670. The third kappa shape index (κ3) is 1.56. The van der Waals surface area contributed by atoms with Gasteiger partial charge in [-0.3, -0.25) is 0 Å². The van der Waals surface area contributed by atoms with Crippen LogP contribution in [0.1, 0.15) is 5.56 Å². The first-order chi connectivity index (χ1) is 3.79. The van der Waals surface area contributed by atoms with E-state index in [1.807, 2.05) is 0 Å². The van der Waals surface area contributed by atoms with Gasteiger partial charge in [-0.05, 0) is 0 Å². The summed E-state index contributed by atoms with van der Waals surface area (Å²) in [7, 11) is 0. The van der Waals surface area contributed by atoms with Gasteiger partial charge >= 0.3 is 64.7 Å². The summed E-state index contributed by atoms with van der Waals surface area (Å²) in [5, 5.41) is 0. The Hall–Kier alpha value is 0.103. The van der Waals surface area contributed by atoms with Gasteiger partial charge in [0.2, 0.25) is 0 Å². The second-order valence-electron chi connectivity index (χ2n) is 1.91. The monoisotopic (exact) mass is 302 g/mol. The molecule has 0 atom stereocenters. The normalized spacial score (nSPS) is 9.25. The van der Waals surface area contributed by atoms with Gasteiger partial charge < -0.3 is 0 Å². The van der Waals surface area contributed by atoms with E-state index in [9.17, 15) is 0 Å². The zero-order valence-corrected chi connectivity index (χ0v) is 9.38. The van der Waals surface area contributed by atoms with E-state index >= 15 is 0 Å². The Bertz CT molecular complexity index is 164. The molecule has 1 aromatic carbocycles. The fourth-order valence-corrected chi connectivity index (χ4v) is 2.12. The van der Waals surface area contributed by atoms with Crippen LogP contribution in [-0.2, 0) is 0 Å². The first-order valence-corrected chi connectivity index (χ1v) is 4.85. The van der Waals surface area contributed by atoms with Crippen LogP contribution in [0.5, 0.6) is 0 Å². The summed E-state index contributed by atoms with van der Waals surface area (Å²) in [4.78, 5) is 0. The molecule has 0 aliphatic heterocycles. The Morgan fingerprint density at radius 3 is 2.50 bits per heavy atom. The molecule has 0 unspecified atom stereocenters. The summed E-state index contributed by atoms with van der Waals surface area (Å²) >= 11 is 0.986. The SMILES string of the molecule is Cc1ccc[c]([BiH2])c1. The van der Waals surface area contributed by atoms with Gasteiger partial charge in [0.25, 0.3) is 0 Å². The van der Waals surface area contributed by atoms with Crippen molar-refractivity contribution in [2.45, 2.75) is 6.92 Å². The Morgan fingerprint density at radius 2 is 2.12 bits per heavy atom. The first-order valence-electron chi connectivity index (χ1n) is 2.61. The average molecular weight is 302 g/mol. The zero-order chi connectivity index (χ0) is 5.98. The van der Waals surface area contributed by atoms with E-state index < -0.39 is 0 Å². The molecular weight excluding hydrogens is 293 g/mol. The van der Waals surface area contributed by atoms with Crippen LogP contribution >= 0.6 is 0 Å². The van der Waals surface area contributed by atoms with Crippen LogP contribution in [0.2, 0.25) is 0 Å². The Morgan fingerprint density at radius 1 is 1.38 bits per heavy atom. The third-order valence-electron chi connectivity index (χ3n) is 1.04. The fraction of sp³-hybridized carbons (Fsp3) is 0.143. The summed E-state index contributed by atoms with van der Waals surface area (Å²) in [5.41, 5.74) is 1.38. The van der Waals surface area contributed by atoms with Gasteiger partial charge in [0.1, 0.15) is 0 Å². The maximum atomic E-state index is 2.24. The number of rotatable bonds is 0. The van der Waals surface area contributed by atoms with Gasteiger partial charge in [0.15, 0.2) is 0 Å². The molecule has 0 aliphatic rings. The molecule has 0 bridgehead atoms. The third-order valence-corrected chi connectivity index (χ3v) is 2.44. The number of hydrogen-bond donors (Lipinski definition) is 0. The Labute approximate surface area is 64.8 Å². The van der Waals surface area contributed by atoms with E-state index in [1.54, 1.807) is 0 Å². The first kappa shape index (κ1) is 6.23. The van der Waals surface area contributed by atoms with Crippen LogP contribution in [0.25, 0.3) is 0 Å².